The molecule has 4 heteroatoms. The van der Waals surface area contributed by atoms with E-state index < -0.39 is 0 Å². The van der Waals surface area contributed by atoms with Crippen LogP contribution in [0.2, 0.25) is 0 Å². The Labute approximate surface area is 190 Å². The van der Waals surface area contributed by atoms with Gasteiger partial charge in [-0.2, -0.15) is 0 Å². The zero-order chi connectivity index (χ0) is 23.3. The van der Waals surface area contributed by atoms with Gasteiger partial charge in [0.05, 0.1) is 5.56 Å². The Morgan fingerprint density at radius 1 is 1.12 bits per heavy atom. The molecular weight excluding hydrogens is 400 g/mol. The third kappa shape index (κ3) is 2.34. The maximum Gasteiger partial charge on any atom is 0.168 e. The van der Waals surface area contributed by atoms with Crippen LogP contribution in [-0.2, 0) is 4.79 Å². The van der Waals surface area contributed by atoms with Crippen LogP contribution >= 0.6 is 0 Å². The molecule has 4 nitrogen and oxygen atoms in total. The maximum absolute atomic E-state index is 12.7. The van der Waals surface area contributed by atoms with Crippen molar-refractivity contribution in [1.29, 1.82) is 0 Å². The van der Waals surface area contributed by atoms with E-state index in [1.54, 1.807) is 6.07 Å². The van der Waals surface area contributed by atoms with Crippen LogP contribution < -0.4 is 0 Å². The van der Waals surface area contributed by atoms with Gasteiger partial charge in [-0.05, 0) is 70.6 Å². The first-order chi connectivity index (χ1) is 14.9. The number of phenolic OH excluding ortho intramolecular Hbond substituents is 2. The van der Waals surface area contributed by atoms with Crippen molar-refractivity contribution in [3.05, 3.63) is 34.9 Å². The summed E-state index contributed by atoms with van der Waals surface area (Å²) in [6, 6.07) is 1.62. The van der Waals surface area contributed by atoms with E-state index in [4.69, 9.17) is 0 Å². The molecule has 0 heterocycles. The average molecular weight is 435 g/mol. The van der Waals surface area contributed by atoms with Gasteiger partial charge in [0.25, 0.3) is 0 Å². The highest BCUT2D eigenvalue weighted by atomic mass is 16.3. The first kappa shape index (κ1) is 21.5. The van der Waals surface area contributed by atoms with E-state index in [2.05, 4.69) is 46.8 Å². The molecule has 0 aliphatic heterocycles. The number of ketones is 1. The average Bonchev–Trinajstić information content (AvgIpc) is 2.73. The highest BCUT2D eigenvalue weighted by molar-refractivity contribution is 5.95. The van der Waals surface area contributed by atoms with Crippen LogP contribution in [0.4, 0.5) is 0 Å². The minimum absolute atomic E-state index is 0.0293. The van der Waals surface area contributed by atoms with Gasteiger partial charge in [0, 0.05) is 17.8 Å². The van der Waals surface area contributed by atoms with E-state index in [-0.39, 0.29) is 44.6 Å². The van der Waals surface area contributed by atoms with E-state index in [0.29, 0.717) is 30.0 Å². The van der Waals surface area contributed by atoms with Gasteiger partial charge in [-0.25, -0.2) is 0 Å². The number of allylic oxidation sites excluding steroid dienone is 3. The van der Waals surface area contributed by atoms with Gasteiger partial charge in [0.15, 0.2) is 17.8 Å². The molecule has 0 saturated heterocycles. The fourth-order valence-electron chi connectivity index (χ4n) is 8.13. The largest absolute Gasteiger partial charge is 0.504 e. The zero-order valence-electron chi connectivity index (χ0n) is 19.8. The molecule has 2 saturated carbocycles. The number of hydrogen-bond acceptors (Lipinski definition) is 4. The maximum atomic E-state index is 12.7. The molecule has 4 aliphatic carbocycles. The van der Waals surface area contributed by atoms with Crippen molar-refractivity contribution >= 4 is 23.7 Å². The molecule has 0 unspecified atom stereocenters. The van der Waals surface area contributed by atoms with Crippen molar-refractivity contribution in [3.63, 3.8) is 0 Å². The number of hydrogen-bond donors (Lipinski definition) is 2. The summed E-state index contributed by atoms with van der Waals surface area (Å²) in [6.45, 7) is 11.6. The zero-order valence-corrected chi connectivity index (χ0v) is 19.8. The van der Waals surface area contributed by atoms with Crippen molar-refractivity contribution in [3.8, 4) is 11.5 Å². The topological polar surface area (TPSA) is 74.6 Å². The Bertz CT molecular complexity index is 1110. The summed E-state index contributed by atoms with van der Waals surface area (Å²) in [6.07, 6.45) is 11.7. The fraction of sp³-hybridized carbons (Fsp3) is 0.571. The number of aldehydes is 1. The van der Waals surface area contributed by atoms with E-state index >= 15 is 0 Å². The van der Waals surface area contributed by atoms with Crippen LogP contribution in [0, 0.1) is 33.5 Å². The third-order valence-corrected chi connectivity index (χ3v) is 10.6. The van der Waals surface area contributed by atoms with Crippen LogP contribution in [0.1, 0.15) is 88.2 Å². The molecule has 0 spiro atoms. The monoisotopic (exact) mass is 434 g/mol. The van der Waals surface area contributed by atoms with Crippen LogP contribution in [0.25, 0.3) is 11.6 Å². The molecule has 0 bridgehead atoms. The minimum atomic E-state index is -0.353. The SMILES string of the molecule is C[C@@H]1C[C@@H]2[C@@](C)(CC[C@@]3(C)[C@@]2(C)CC=C2c4cc(O)c(O)c(C=O)c4C=C[C@]23C)CC1=O. The van der Waals surface area contributed by atoms with E-state index in [9.17, 15) is 19.8 Å². The molecule has 0 amide bonds. The number of fused-ring (bicyclic) bond motifs is 7. The van der Waals surface area contributed by atoms with Gasteiger partial charge in [-0.1, -0.05) is 52.8 Å². The van der Waals surface area contributed by atoms with Crippen LogP contribution in [0.15, 0.2) is 18.2 Å². The van der Waals surface area contributed by atoms with E-state index in [1.807, 2.05) is 6.08 Å². The molecule has 0 aromatic heterocycles. The smallest absolute Gasteiger partial charge is 0.168 e. The van der Waals surface area contributed by atoms with Crippen molar-refractivity contribution in [2.24, 2.45) is 33.5 Å². The Morgan fingerprint density at radius 3 is 2.53 bits per heavy atom. The van der Waals surface area contributed by atoms with Crippen molar-refractivity contribution in [1.82, 2.24) is 0 Å². The van der Waals surface area contributed by atoms with Crippen LogP contribution in [-0.4, -0.2) is 22.3 Å². The molecule has 0 radical (unpaired) electrons. The molecule has 2 N–H and O–H groups in total. The predicted octanol–water partition coefficient (Wildman–Crippen LogP) is 6.16. The summed E-state index contributed by atoms with van der Waals surface area (Å²) in [5.41, 5.74) is 2.57. The minimum Gasteiger partial charge on any atom is -0.504 e. The molecule has 4 aliphatic rings. The van der Waals surface area contributed by atoms with Gasteiger partial charge >= 0.3 is 0 Å². The molecule has 32 heavy (non-hydrogen) atoms. The van der Waals surface area contributed by atoms with E-state index in [1.165, 1.54) is 0 Å². The van der Waals surface area contributed by atoms with Crippen molar-refractivity contribution < 1.29 is 19.8 Å². The van der Waals surface area contributed by atoms with Crippen LogP contribution in [0.3, 0.4) is 0 Å². The fourth-order valence-corrected chi connectivity index (χ4v) is 8.13. The molecular formula is C28H34O4. The summed E-state index contributed by atoms with van der Waals surface area (Å²) in [7, 11) is 0. The molecule has 5 rings (SSSR count). The van der Waals surface area contributed by atoms with Crippen LogP contribution in [0.5, 0.6) is 11.5 Å². The lowest BCUT2D eigenvalue weighted by molar-refractivity contribution is -0.173. The number of rotatable bonds is 1. The normalized spacial score (nSPS) is 42.3. The Morgan fingerprint density at radius 2 is 1.84 bits per heavy atom. The Hall–Kier alpha value is -2.36. The van der Waals surface area contributed by atoms with Gasteiger partial charge in [0.2, 0.25) is 0 Å². The lowest BCUT2D eigenvalue weighted by Gasteiger charge is -2.69. The summed E-state index contributed by atoms with van der Waals surface area (Å²) in [4.78, 5) is 24.4. The number of phenols is 2. The molecule has 1 aromatic rings. The summed E-state index contributed by atoms with van der Waals surface area (Å²) < 4.78 is 0. The van der Waals surface area contributed by atoms with Gasteiger partial charge in [0.1, 0.15) is 5.78 Å². The summed E-state index contributed by atoms with van der Waals surface area (Å²) in [5.74, 6) is 0.387. The van der Waals surface area contributed by atoms with Crippen molar-refractivity contribution in [2.75, 3.05) is 0 Å². The number of Topliss-reactive ketones (excluding diaryl/α,β-unsaturated/α-hetero) is 1. The number of carbonyl (C=O) groups is 2. The van der Waals surface area contributed by atoms with Crippen molar-refractivity contribution in [2.45, 2.75) is 66.7 Å². The molecule has 6 atom stereocenters. The third-order valence-electron chi connectivity index (χ3n) is 10.6. The molecule has 1 aromatic carbocycles. The number of benzene rings is 1. The van der Waals surface area contributed by atoms with Gasteiger partial charge in [-0.15, -0.1) is 0 Å². The second kappa shape index (κ2) is 6.36. The second-order valence-corrected chi connectivity index (χ2v) is 11.8. The number of carbonyl (C=O) groups excluding carboxylic acids is 2. The Kier molecular flexibility index (Phi) is 4.27. The number of aromatic hydroxyl groups is 2. The second-order valence-electron chi connectivity index (χ2n) is 11.8. The summed E-state index contributed by atoms with van der Waals surface area (Å²) >= 11 is 0. The lowest BCUT2D eigenvalue weighted by Crippen LogP contribution is -2.63. The molecule has 2 fully saturated rings. The highest BCUT2D eigenvalue weighted by Gasteiger charge is 2.67. The van der Waals surface area contributed by atoms with Gasteiger partial charge < -0.3 is 10.2 Å². The van der Waals surface area contributed by atoms with Gasteiger partial charge in [-0.3, -0.25) is 9.59 Å². The first-order valence-electron chi connectivity index (χ1n) is 11.9. The molecule has 170 valence electrons. The standard InChI is InChI=1S/C28H34O4/c1-16-12-23-25(2,14-22(16)31)10-11-28(5)26(3)8-6-17-18(20(26)7-9-27(23,28)4)13-21(30)24(32)19(17)15-29/h6-8,13,15-16,23,30,32H,9-12,14H2,1-5H3/t16-,23-,25+,26-,27+,28-/m1/s1. The first-order valence-corrected chi connectivity index (χ1v) is 11.9. The summed E-state index contributed by atoms with van der Waals surface area (Å²) in [5, 5.41) is 20.6. The highest BCUT2D eigenvalue weighted by Crippen LogP contribution is 2.75. The quantitative estimate of drug-likeness (QED) is 0.410. The Balaban J connectivity index is 1.70. The predicted molar refractivity (Wildman–Crippen MR) is 125 cm³/mol. The lowest BCUT2D eigenvalue weighted by atomic mass is 9.34. The van der Waals surface area contributed by atoms with E-state index in [0.717, 1.165) is 36.8 Å².